The number of nitrogens with zero attached hydrogens (tertiary/aromatic N) is 5. The van der Waals surface area contributed by atoms with Crippen LogP contribution in [0.5, 0.6) is 0 Å². The molecule has 1 aliphatic carbocycles. The summed E-state index contributed by atoms with van der Waals surface area (Å²) in [6, 6.07) is 19.8. The average Bonchev–Trinajstić information content (AvgIpc) is 3.14. The van der Waals surface area contributed by atoms with Crippen LogP contribution in [0.3, 0.4) is 0 Å². The Bertz CT molecular complexity index is 1030. The molecule has 2 aromatic carbocycles. The van der Waals surface area contributed by atoms with Crippen molar-refractivity contribution in [2.75, 3.05) is 31.1 Å². The summed E-state index contributed by atoms with van der Waals surface area (Å²) in [5.41, 5.74) is 4.42. The highest BCUT2D eigenvalue weighted by Crippen LogP contribution is 2.59. The van der Waals surface area contributed by atoms with E-state index in [9.17, 15) is 0 Å². The van der Waals surface area contributed by atoms with Crippen molar-refractivity contribution in [3.05, 3.63) is 66.0 Å². The second kappa shape index (κ2) is 6.42. The Labute approximate surface area is 172 Å². The first kappa shape index (κ1) is 17.2. The lowest BCUT2D eigenvalue weighted by molar-refractivity contribution is 0.314. The van der Waals surface area contributed by atoms with E-state index in [-0.39, 0.29) is 0 Å². The zero-order valence-electron chi connectivity index (χ0n) is 17.0. The Morgan fingerprint density at radius 1 is 1.00 bits per heavy atom. The molecular formula is C24H27N5. The number of rotatable bonds is 4. The van der Waals surface area contributed by atoms with Gasteiger partial charge in [-0.25, -0.2) is 0 Å². The normalized spacial score (nSPS) is 25.7. The van der Waals surface area contributed by atoms with Gasteiger partial charge in [-0.15, -0.1) is 10.2 Å². The van der Waals surface area contributed by atoms with Crippen molar-refractivity contribution in [1.82, 2.24) is 19.7 Å². The van der Waals surface area contributed by atoms with Crippen LogP contribution in [0.25, 0.3) is 11.4 Å². The Kier molecular flexibility index (Phi) is 3.81. The van der Waals surface area contributed by atoms with Crippen LogP contribution in [0.15, 0.2) is 54.6 Å². The molecule has 5 nitrogen and oxygen atoms in total. The zero-order valence-corrected chi connectivity index (χ0v) is 17.0. The van der Waals surface area contributed by atoms with Crippen molar-refractivity contribution in [1.29, 1.82) is 0 Å². The van der Waals surface area contributed by atoms with Gasteiger partial charge in [0, 0.05) is 42.8 Å². The van der Waals surface area contributed by atoms with Gasteiger partial charge in [-0.1, -0.05) is 49.4 Å². The average molecular weight is 386 g/mol. The third-order valence-corrected chi connectivity index (χ3v) is 7.26. The molecule has 0 radical (unpaired) electrons. The first-order valence-electron chi connectivity index (χ1n) is 10.8. The van der Waals surface area contributed by atoms with Crippen molar-refractivity contribution in [2.24, 2.45) is 5.92 Å². The minimum Gasteiger partial charge on any atom is -0.362 e. The van der Waals surface area contributed by atoms with E-state index in [4.69, 9.17) is 0 Å². The Morgan fingerprint density at radius 2 is 1.83 bits per heavy atom. The Morgan fingerprint density at radius 3 is 2.59 bits per heavy atom. The topological polar surface area (TPSA) is 37.2 Å². The monoisotopic (exact) mass is 385 g/mol. The molecule has 2 atom stereocenters. The maximum Gasteiger partial charge on any atom is 0.164 e. The van der Waals surface area contributed by atoms with Crippen LogP contribution in [0.4, 0.5) is 5.69 Å². The smallest absolute Gasteiger partial charge is 0.164 e. The van der Waals surface area contributed by atoms with Crippen LogP contribution in [0, 0.1) is 5.92 Å². The van der Waals surface area contributed by atoms with Gasteiger partial charge in [0.1, 0.15) is 0 Å². The summed E-state index contributed by atoms with van der Waals surface area (Å²) in [5.74, 6) is 2.91. The Hall–Kier alpha value is -2.66. The lowest BCUT2D eigenvalue weighted by Gasteiger charge is -2.30. The van der Waals surface area contributed by atoms with Gasteiger partial charge in [0.15, 0.2) is 11.6 Å². The number of fused-ring (bicyclic) bond motifs is 2. The summed E-state index contributed by atoms with van der Waals surface area (Å²) in [6.45, 7) is 8.70. The van der Waals surface area contributed by atoms with Crippen LogP contribution >= 0.6 is 0 Å². The maximum atomic E-state index is 4.49. The molecule has 0 spiro atoms. The molecule has 2 unspecified atom stereocenters. The molecule has 148 valence electrons. The van der Waals surface area contributed by atoms with E-state index in [1.165, 1.54) is 37.3 Å². The number of benzene rings is 2. The molecule has 6 rings (SSSR count). The molecule has 2 fully saturated rings. The van der Waals surface area contributed by atoms with Gasteiger partial charge in [-0.3, -0.25) is 0 Å². The first-order valence-corrected chi connectivity index (χ1v) is 10.8. The summed E-state index contributed by atoms with van der Waals surface area (Å²) in [4.78, 5) is 5.03. The molecule has 3 aromatic rings. The highest BCUT2D eigenvalue weighted by Gasteiger charge is 2.60. The molecule has 0 N–H and O–H groups in total. The standard InChI is InChI=1S/C24H27N5/c1-2-27-15-20-14-24(20,17-27)19-8-10-21(11-9-19)28-12-13-29-22(16-28)25-26-23(29)18-6-4-3-5-7-18/h3-11,20H,2,12-17H2,1H3. The molecule has 0 amide bonds. The van der Waals surface area contributed by atoms with E-state index in [2.05, 4.69) is 80.0 Å². The van der Waals surface area contributed by atoms with Crippen molar-refractivity contribution in [3.63, 3.8) is 0 Å². The molecule has 5 heteroatoms. The molecule has 3 heterocycles. The Balaban J connectivity index is 1.21. The molecule has 1 saturated carbocycles. The molecule has 1 saturated heterocycles. The zero-order chi connectivity index (χ0) is 19.4. The molecule has 0 bridgehead atoms. The van der Waals surface area contributed by atoms with Gasteiger partial charge in [0.05, 0.1) is 6.54 Å². The number of anilines is 1. The van der Waals surface area contributed by atoms with Crippen molar-refractivity contribution >= 4 is 5.69 Å². The predicted octanol–water partition coefficient (Wildman–Crippen LogP) is 3.56. The van der Waals surface area contributed by atoms with Crippen LogP contribution in [0.2, 0.25) is 0 Å². The first-order chi connectivity index (χ1) is 14.3. The summed E-state index contributed by atoms with van der Waals surface area (Å²) >= 11 is 0. The lowest BCUT2D eigenvalue weighted by Crippen LogP contribution is -2.34. The van der Waals surface area contributed by atoms with Gasteiger partial charge < -0.3 is 14.4 Å². The van der Waals surface area contributed by atoms with Crippen molar-refractivity contribution < 1.29 is 0 Å². The van der Waals surface area contributed by atoms with Gasteiger partial charge in [-0.2, -0.15) is 0 Å². The second-order valence-electron chi connectivity index (χ2n) is 8.81. The third kappa shape index (κ3) is 2.71. The fourth-order valence-corrected chi connectivity index (χ4v) is 5.46. The largest absolute Gasteiger partial charge is 0.362 e. The van der Waals surface area contributed by atoms with Crippen LogP contribution in [-0.2, 0) is 18.5 Å². The number of piperidine rings is 1. The number of hydrogen-bond donors (Lipinski definition) is 0. The van der Waals surface area contributed by atoms with Crippen molar-refractivity contribution in [3.8, 4) is 11.4 Å². The van der Waals surface area contributed by atoms with Crippen LogP contribution in [0.1, 0.15) is 24.7 Å². The van der Waals surface area contributed by atoms with E-state index in [0.717, 1.165) is 42.8 Å². The van der Waals surface area contributed by atoms with Gasteiger partial charge in [-0.05, 0) is 36.6 Å². The van der Waals surface area contributed by atoms with Crippen LogP contribution in [-0.4, -0.2) is 45.8 Å². The fourth-order valence-electron chi connectivity index (χ4n) is 5.46. The predicted molar refractivity (Wildman–Crippen MR) is 115 cm³/mol. The molecule has 29 heavy (non-hydrogen) atoms. The highest BCUT2D eigenvalue weighted by molar-refractivity contribution is 5.56. The number of likely N-dealkylation sites (N-methyl/N-ethyl adjacent to an activating group) is 1. The fraction of sp³-hybridized carbons (Fsp3) is 0.417. The molecule has 1 aromatic heterocycles. The van der Waals surface area contributed by atoms with E-state index < -0.39 is 0 Å². The quantitative estimate of drug-likeness (QED) is 0.688. The third-order valence-electron chi connectivity index (χ3n) is 7.26. The maximum absolute atomic E-state index is 4.49. The summed E-state index contributed by atoms with van der Waals surface area (Å²) in [5, 5.41) is 8.96. The molecule has 2 aliphatic heterocycles. The van der Waals surface area contributed by atoms with Crippen LogP contribution < -0.4 is 4.90 Å². The van der Waals surface area contributed by atoms with E-state index in [1.807, 2.05) is 6.07 Å². The highest BCUT2D eigenvalue weighted by atomic mass is 15.3. The van der Waals surface area contributed by atoms with Gasteiger partial charge >= 0.3 is 0 Å². The van der Waals surface area contributed by atoms with E-state index >= 15 is 0 Å². The number of hydrogen-bond acceptors (Lipinski definition) is 4. The summed E-state index contributed by atoms with van der Waals surface area (Å²) < 4.78 is 2.27. The van der Waals surface area contributed by atoms with Gasteiger partial charge in [0.2, 0.25) is 0 Å². The molecular weight excluding hydrogens is 358 g/mol. The van der Waals surface area contributed by atoms with Gasteiger partial charge in [0.25, 0.3) is 0 Å². The summed E-state index contributed by atoms with van der Waals surface area (Å²) in [7, 11) is 0. The number of aromatic nitrogens is 3. The van der Waals surface area contributed by atoms with E-state index in [0.29, 0.717) is 5.41 Å². The SMILES string of the molecule is CCN1CC2CC2(c2ccc(N3CCn4c(nnc4-c4ccccc4)C3)cc2)C1. The minimum absolute atomic E-state index is 0.446. The summed E-state index contributed by atoms with van der Waals surface area (Å²) in [6.07, 6.45) is 1.37. The molecule has 3 aliphatic rings. The van der Waals surface area contributed by atoms with Crippen molar-refractivity contribution in [2.45, 2.75) is 31.8 Å². The van der Waals surface area contributed by atoms with E-state index in [1.54, 1.807) is 0 Å². The second-order valence-corrected chi connectivity index (χ2v) is 8.81. The lowest BCUT2D eigenvalue weighted by atomic mass is 9.94. The minimum atomic E-state index is 0.446. The number of likely N-dealkylation sites (tertiary alicyclic amines) is 1.